The molecule has 1 atom stereocenters. The van der Waals surface area contributed by atoms with Gasteiger partial charge < -0.3 is 20.8 Å². The molecule has 0 unspecified atom stereocenters. The van der Waals surface area contributed by atoms with Crippen LogP contribution < -0.4 is 10.6 Å². The molecule has 0 aliphatic rings. The summed E-state index contributed by atoms with van der Waals surface area (Å²) in [5, 5.41) is 21.6. The first kappa shape index (κ1) is 14.4. The minimum Gasteiger partial charge on any atom is -0.481 e. The van der Waals surface area contributed by atoms with E-state index >= 15 is 0 Å². The maximum absolute atomic E-state index is 11.4. The van der Waals surface area contributed by atoms with Crippen LogP contribution in [0.15, 0.2) is 18.6 Å². The Morgan fingerprint density at radius 3 is 2.58 bits per heavy atom. The summed E-state index contributed by atoms with van der Waals surface area (Å²) in [6, 6.07) is -0.693. The van der Waals surface area contributed by atoms with Crippen molar-refractivity contribution in [3.63, 3.8) is 0 Å². The number of urea groups is 1. The molecule has 4 N–H and O–H groups in total. The van der Waals surface area contributed by atoms with E-state index in [1.54, 1.807) is 6.07 Å². The van der Waals surface area contributed by atoms with Crippen LogP contribution in [0.3, 0.4) is 0 Å². The number of amides is 2. The van der Waals surface area contributed by atoms with Crippen molar-refractivity contribution in [3.8, 4) is 0 Å². The number of aliphatic carboxylic acids is 2. The second-order valence-electron chi connectivity index (χ2n) is 3.52. The Kier molecular flexibility index (Phi) is 5.20. The zero-order chi connectivity index (χ0) is 14.3. The smallest absolute Gasteiger partial charge is 0.326 e. The molecule has 0 aliphatic carbocycles. The molecule has 0 spiro atoms. The number of carbonyl (C=O) groups excluding carboxylic acids is 1. The second-order valence-corrected chi connectivity index (χ2v) is 3.52. The molecule has 1 heterocycles. The Balaban J connectivity index is 2.45. The second kappa shape index (κ2) is 6.89. The van der Waals surface area contributed by atoms with E-state index < -0.39 is 30.4 Å². The van der Waals surface area contributed by atoms with Crippen molar-refractivity contribution >= 4 is 18.0 Å². The largest absolute Gasteiger partial charge is 0.481 e. The van der Waals surface area contributed by atoms with Crippen LogP contribution in [-0.2, 0) is 16.1 Å². The topological polar surface area (TPSA) is 142 Å². The summed E-state index contributed by atoms with van der Waals surface area (Å²) in [4.78, 5) is 40.1. The average Bonchev–Trinajstić information content (AvgIpc) is 2.36. The summed E-state index contributed by atoms with van der Waals surface area (Å²) < 4.78 is 0. The van der Waals surface area contributed by atoms with Crippen molar-refractivity contribution < 1.29 is 24.6 Å². The van der Waals surface area contributed by atoms with E-state index in [0.717, 1.165) is 0 Å². The SMILES string of the molecule is O=C(O)C[C@H](NC(=O)NCc1ccncn1)C(=O)O. The third kappa shape index (κ3) is 5.44. The molecule has 1 aromatic rings. The van der Waals surface area contributed by atoms with Gasteiger partial charge in [0.1, 0.15) is 12.4 Å². The number of nitrogens with one attached hydrogen (secondary N) is 2. The molecule has 19 heavy (non-hydrogen) atoms. The number of hydrogen-bond acceptors (Lipinski definition) is 5. The molecule has 0 saturated heterocycles. The minimum absolute atomic E-state index is 0.0771. The summed E-state index contributed by atoms with van der Waals surface area (Å²) in [6.07, 6.45) is 2.10. The summed E-state index contributed by atoms with van der Waals surface area (Å²) in [5.41, 5.74) is 0.537. The predicted molar refractivity (Wildman–Crippen MR) is 61.1 cm³/mol. The van der Waals surface area contributed by atoms with Crippen molar-refractivity contribution in [3.05, 3.63) is 24.3 Å². The zero-order valence-electron chi connectivity index (χ0n) is 9.74. The van der Waals surface area contributed by atoms with Gasteiger partial charge in [0.15, 0.2) is 0 Å². The fraction of sp³-hybridized carbons (Fsp3) is 0.300. The van der Waals surface area contributed by atoms with Gasteiger partial charge in [0.2, 0.25) is 0 Å². The van der Waals surface area contributed by atoms with Gasteiger partial charge >= 0.3 is 18.0 Å². The van der Waals surface area contributed by atoms with Gasteiger partial charge in [-0.15, -0.1) is 0 Å². The number of nitrogens with zero attached hydrogens (tertiary/aromatic N) is 2. The first-order chi connectivity index (χ1) is 8.99. The van der Waals surface area contributed by atoms with Gasteiger partial charge in [-0.1, -0.05) is 0 Å². The lowest BCUT2D eigenvalue weighted by Gasteiger charge is -2.12. The zero-order valence-corrected chi connectivity index (χ0v) is 9.74. The standard InChI is InChI=1S/C10H12N4O5/c15-8(16)3-7(9(17)18)14-10(19)12-4-6-1-2-11-5-13-6/h1-2,5,7H,3-4H2,(H,15,16)(H,17,18)(H2,12,14,19)/t7-/m0/s1. The Bertz CT molecular complexity index is 464. The molecule has 0 saturated carbocycles. The maximum Gasteiger partial charge on any atom is 0.326 e. The lowest BCUT2D eigenvalue weighted by molar-refractivity contribution is -0.145. The molecule has 102 valence electrons. The van der Waals surface area contributed by atoms with Crippen LogP contribution >= 0.6 is 0 Å². The Morgan fingerprint density at radius 2 is 2.05 bits per heavy atom. The molecule has 9 nitrogen and oxygen atoms in total. The molecule has 1 aromatic heterocycles. The Morgan fingerprint density at radius 1 is 1.32 bits per heavy atom. The molecule has 0 radical (unpaired) electrons. The van der Waals surface area contributed by atoms with Gasteiger partial charge in [0.05, 0.1) is 18.7 Å². The van der Waals surface area contributed by atoms with Crippen molar-refractivity contribution in [2.24, 2.45) is 0 Å². The van der Waals surface area contributed by atoms with E-state index in [1.807, 2.05) is 5.32 Å². The first-order valence-corrected chi connectivity index (χ1v) is 5.23. The first-order valence-electron chi connectivity index (χ1n) is 5.23. The van der Waals surface area contributed by atoms with Crippen LogP contribution in [0.2, 0.25) is 0 Å². The van der Waals surface area contributed by atoms with E-state index in [-0.39, 0.29) is 6.54 Å². The summed E-state index contributed by atoms with van der Waals surface area (Å²) >= 11 is 0. The van der Waals surface area contributed by atoms with Crippen LogP contribution in [0.5, 0.6) is 0 Å². The third-order valence-corrected chi connectivity index (χ3v) is 2.06. The van der Waals surface area contributed by atoms with Crippen molar-refractivity contribution in [1.29, 1.82) is 0 Å². The van der Waals surface area contributed by atoms with Gasteiger partial charge in [0.25, 0.3) is 0 Å². The number of rotatable bonds is 6. The van der Waals surface area contributed by atoms with E-state index in [2.05, 4.69) is 15.3 Å². The highest BCUT2D eigenvalue weighted by atomic mass is 16.4. The number of carbonyl (C=O) groups is 3. The van der Waals surface area contributed by atoms with Crippen LogP contribution in [0.4, 0.5) is 4.79 Å². The molecule has 0 bridgehead atoms. The average molecular weight is 268 g/mol. The van der Waals surface area contributed by atoms with E-state index in [0.29, 0.717) is 5.69 Å². The van der Waals surface area contributed by atoms with Gasteiger partial charge in [-0.2, -0.15) is 0 Å². The molecule has 0 fully saturated rings. The number of carboxylic acids is 2. The molecular formula is C10H12N4O5. The normalized spacial score (nSPS) is 11.4. The quantitative estimate of drug-likeness (QED) is 0.529. The lowest BCUT2D eigenvalue weighted by atomic mass is 10.2. The molecular weight excluding hydrogens is 256 g/mol. The molecule has 9 heteroatoms. The van der Waals surface area contributed by atoms with Crippen LogP contribution in [-0.4, -0.2) is 44.2 Å². The number of aromatic nitrogens is 2. The molecule has 0 aromatic carbocycles. The van der Waals surface area contributed by atoms with Gasteiger partial charge in [-0.3, -0.25) is 4.79 Å². The van der Waals surface area contributed by atoms with Crippen molar-refractivity contribution in [2.45, 2.75) is 19.0 Å². The number of hydrogen-bond donors (Lipinski definition) is 4. The number of carboxylic acid groups (broad SMARTS) is 2. The highest BCUT2D eigenvalue weighted by Gasteiger charge is 2.22. The van der Waals surface area contributed by atoms with Gasteiger partial charge in [-0.05, 0) is 6.07 Å². The fourth-order valence-corrected chi connectivity index (χ4v) is 1.18. The van der Waals surface area contributed by atoms with Crippen molar-refractivity contribution in [1.82, 2.24) is 20.6 Å². The van der Waals surface area contributed by atoms with Crippen LogP contribution in [0, 0.1) is 0 Å². The van der Waals surface area contributed by atoms with Gasteiger partial charge in [-0.25, -0.2) is 19.6 Å². The van der Waals surface area contributed by atoms with E-state index in [9.17, 15) is 14.4 Å². The lowest BCUT2D eigenvalue weighted by Crippen LogP contribution is -2.46. The molecule has 1 rings (SSSR count). The molecule has 2 amide bonds. The third-order valence-electron chi connectivity index (χ3n) is 2.06. The fourth-order valence-electron chi connectivity index (χ4n) is 1.18. The van der Waals surface area contributed by atoms with Gasteiger partial charge in [0, 0.05) is 6.20 Å². The Hall–Kier alpha value is -2.71. The maximum atomic E-state index is 11.4. The predicted octanol–water partition coefficient (Wildman–Crippen LogP) is -0.796. The monoisotopic (exact) mass is 268 g/mol. The highest BCUT2D eigenvalue weighted by Crippen LogP contribution is 1.94. The van der Waals surface area contributed by atoms with E-state index in [1.165, 1.54) is 12.5 Å². The highest BCUT2D eigenvalue weighted by molar-refractivity contribution is 5.86. The van der Waals surface area contributed by atoms with Crippen LogP contribution in [0.25, 0.3) is 0 Å². The Labute approximate surface area is 107 Å². The summed E-state index contributed by atoms with van der Waals surface area (Å²) in [7, 11) is 0. The molecule has 0 aliphatic heterocycles. The van der Waals surface area contributed by atoms with E-state index in [4.69, 9.17) is 10.2 Å². The van der Waals surface area contributed by atoms with Crippen molar-refractivity contribution in [2.75, 3.05) is 0 Å². The summed E-state index contributed by atoms with van der Waals surface area (Å²) in [5.74, 6) is -2.73. The van der Waals surface area contributed by atoms with Crippen LogP contribution in [0.1, 0.15) is 12.1 Å². The summed E-state index contributed by atoms with van der Waals surface area (Å²) in [6.45, 7) is 0.0771. The minimum atomic E-state index is -1.48.